The van der Waals surface area contributed by atoms with Crippen molar-refractivity contribution in [3.05, 3.63) is 41.7 Å². The Hall–Kier alpha value is -2.48. The van der Waals surface area contributed by atoms with E-state index >= 15 is 0 Å². The smallest absolute Gasteiger partial charge is 0.234 e. The van der Waals surface area contributed by atoms with Crippen LogP contribution in [0.4, 0.5) is 16.2 Å². The van der Waals surface area contributed by atoms with Crippen LogP contribution in [0.3, 0.4) is 0 Å². The molecule has 6 nitrogen and oxygen atoms in total. The summed E-state index contributed by atoms with van der Waals surface area (Å²) >= 11 is 5.59. The first-order valence-electron chi connectivity index (χ1n) is 11.6. The monoisotopic (exact) mass is 457 g/mol. The van der Waals surface area contributed by atoms with Crippen molar-refractivity contribution in [1.29, 1.82) is 0 Å². The first-order chi connectivity index (χ1) is 15.6. The molecule has 4 rings (SSSR count). The molecule has 1 aliphatic carbocycles. The fourth-order valence-corrected chi connectivity index (χ4v) is 5.02. The third kappa shape index (κ3) is 5.46. The van der Waals surface area contributed by atoms with Crippen LogP contribution in [-0.4, -0.2) is 41.8 Å². The van der Waals surface area contributed by atoms with Gasteiger partial charge in [-0.15, -0.1) is 0 Å². The molecule has 172 valence electrons. The Labute approximate surface area is 195 Å². The number of halogens is 1. The molecule has 0 atom stereocenters. The average molecular weight is 458 g/mol. The average Bonchev–Trinajstić information content (AvgIpc) is 2.84. The molecule has 2 aliphatic rings. The number of nitrogens with zero attached hydrogens (tertiary/aromatic N) is 3. The lowest BCUT2D eigenvalue weighted by Gasteiger charge is -2.38. The van der Waals surface area contributed by atoms with Crippen LogP contribution < -0.4 is 20.3 Å². The van der Waals surface area contributed by atoms with E-state index in [0.717, 1.165) is 44.6 Å². The van der Waals surface area contributed by atoms with Gasteiger partial charge in [-0.25, -0.2) is 4.39 Å². The zero-order chi connectivity index (χ0) is 22.4. The molecule has 2 heterocycles. The number of nitrogens with one attached hydrogen (secondary N) is 2. The van der Waals surface area contributed by atoms with Crippen molar-refractivity contribution >= 4 is 29.1 Å². The van der Waals surface area contributed by atoms with E-state index in [-0.39, 0.29) is 11.2 Å². The number of benzene rings is 1. The van der Waals surface area contributed by atoms with Gasteiger partial charge in [-0.1, -0.05) is 31.4 Å². The van der Waals surface area contributed by atoms with E-state index in [4.69, 9.17) is 17.0 Å². The summed E-state index contributed by atoms with van der Waals surface area (Å²) in [6.45, 7) is 2.67. The molecular formula is C24H32FN5OS. The highest BCUT2D eigenvalue weighted by molar-refractivity contribution is 7.80. The van der Waals surface area contributed by atoms with Crippen LogP contribution in [0.2, 0.25) is 0 Å². The van der Waals surface area contributed by atoms with Gasteiger partial charge in [0.1, 0.15) is 11.6 Å². The zero-order valence-corrected chi connectivity index (χ0v) is 19.5. The van der Waals surface area contributed by atoms with Crippen molar-refractivity contribution in [2.75, 3.05) is 37.0 Å². The molecule has 0 radical (unpaired) electrons. The first kappa shape index (κ1) is 22.7. The molecule has 1 aromatic carbocycles. The molecule has 1 saturated carbocycles. The Kier molecular flexibility index (Phi) is 7.40. The Morgan fingerprint density at radius 1 is 1.06 bits per heavy atom. The minimum Gasteiger partial charge on any atom is -0.481 e. The van der Waals surface area contributed by atoms with E-state index in [2.05, 4.69) is 25.5 Å². The van der Waals surface area contributed by atoms with Crippen molar-refractivity contribution in [2.24, 2.45) is 0 Å². The Bertz CT molecular complexity index is 911. The van der Waals surface area contributed by atoms with E-state index in [1.165, 1.54) is 31.2 Å². The first-order valence-corrected chi connectivity index (χ1v) is 12.0. The Morgan fingerprint density at radius 3 is 2.44 bits per heavy atom. The molecule has 2 aromatic rings. The molecule has 2 fully saturated rings. The van der Waals surface area contributed by atoms with Gasteiger partial charge in [0, 0.05) is 31.1 Å². The predicted octanol–water partition coefficient (Wildman–Crippen LogP) is 4.80. The summed E-state index contributed by atoms with van der Waals surface area (Å²) in [5.74, 6) is 1.60. The summed E-state index contributed by atoms with van der Waals surface area (Å²) in [4.78, 5) is 11.4. The fraction of sp³-hybridized carbons (Fsp3) is 0.542. The molecule has 1 saturated heterocycles. The molecular weight excluding hydrogens is 425 g/mol. The summed E-state index contributed by atoms with van der Waals surface area (Å²) in [6, 6.07) is 8.80. The molecule has 0 amide bonds. The van der Waals surface area contributed by atoms with Gasteiger partial charge in [-0.05, 0) is 62.0 Å². The van der Waals surface area contributed by atoms with E-state index in [1.807, 2.05) is 18.2 Å². The third-order valence-corrected chi connectivity index (χ3v) is 6.90. The minimum absolute atomic E-state index is 0.0497. The maximum absolute atomic E-state index is 13.5. The van der Waals surface area contributed by atoms with Crippen molar-refractivity contribution in [2.45, 2.75) is 56.8 Å². The lowest BCUT2D eigenvalue weighted by atomic mass is 9.69. The van der Waals surface area contributed by atoms with Gasteiger partial charge in [-0.3, -0.25) is 0 Å². The molecule has 0 spiro atoms. The second-order valence-electron chi connectivity index (χ2n) is 8.80. The van der Waals surface area contributed by atoms with Gasteiger partial charge in [0.25, 0.3) is 0 Å². The predicted molar refractivity (Wildman–Crippen MR) is 130 cm³/mol. The summed E-state index contributed by atoms with van der Waals surface area (Å²) in [5, 5.41) is 7.01. The van der Waals surface area contributed by atoms with E-state index in [9.17, 15) is 4.39 Å². The topological polar surface area (TPSA) is 62.3 Å². The summed E-state index contributed by atoms with van der Waals surface area (Å²) in [5.41, 5.74) is 1.12. The minimum atomic E-state index is -0.204. The fourth-order valence-electron chi connectivity index (χ4n) is 4.85. The number of methoxy groups -OCH3 is 1. The second-order valence-corrected chi connectivity index (χ2v) is 9.20. The number of hydrogen-bond donors (Lipinski definition) is 2. The van der Waals surface area contributed by atoms with Crippen molar-refractivity contribution in [3.8, 4) is 5.88 Å². The number of hydrogen-bond acceptors (Lipinski definition) is 5. The quantitative estimate of drug-likeness (QED) is 0.604. The largest absolute Gasteiger partial charge is 0.481 e. The van der Waals surface area contributed by atoms with Crippen LogP contribution >= 0.6 is 12.2 Å². The van der Waals surface area contributed by atoms with Gasteiger partial charge in [0.2, 0.25) is 11.8 Å². The molecule has 32 heavy (non-hydrogen) atoms. The number of anilines is 2. The highest BCUT2D eigenvalue weighted by Crippen LogP contribution is 2.39. The van der Waals surface area contributed by atoms with Crippen molar-refractivity contribution in [3.63, 3.8) is 0 Å². The normalized spacial score (nSPS) is 18.1. The van der Waals surface area contributed by atoms with Crippen LogP contribution in [0, 0.1) is 5.82 Å². The Morgan fingerprint density at radius 2 is 1.75 bits per heavy atom. The highest BCUT2D eigenvalue weighted by atomic mass is 32.1. The summed E-state index contributed by atoms with van der Waals surface area (Å²) < 4.78 is 18.9. The van der Waals surface area contributed by atoms with Crippen LogP contribution in [0.1, 0.15) is 56.9 Å². The van der Waals surface area contributed by atoms with Gasteiger partial charge in [0.05, 0.1) is 7.11 Å². The van der Waals surface area contributed by atoms with Crippen molar-refractivity contribution in [1.82, 2.24) is 15.3 Å². The molecule has 8 heteroatoms. The second kappa shape index (κ2) is 10.4. The molecule has 0 unspecified atom stereocenters. The SMILES string of the molecule is COc1cc(N2CCCCC2)nc(NC(=S)NCC2(c3ccc(F)cc3)CCCCC2)n1. The lowest BCUT2D eigenvalue weighted by molar-refractivity contribution is 0.292. The maximum Gasteiger partial charge on any atom is 0.234 e. The van der Waals surface area contributed by atoms with Gasteiger partial charge in [0.15, 0.2) is 5.11 Å². The van der Waals surface area contributed by atoms with E-state index in [1.54, 1.807) is 19.2 Å². The third-order valence-electron chi connectivity index (χ3n) is 6.66. The molecule has 2 N–H and O–H groups in total. The van der Waals surface area contributed by atoms with E-state index < -0.39 is 0 Å². The molecule has 0 bridgehead atoms. The van der Waals surface area contributed by atoms with Gasteiger partial charge < -0.3 is 20.3 Å². The van der Waals surface area contributed by atoms with Crippen LogP contribution in [0.25, 0.3) is 0 Å². The Balaban J connectivity index is 1.45. The molecule has 1 aliphatic heterocycles. The van der Waals surface area contributed by atoms with Crippen LogP contribution in [-0.2, 0) is 5.41 Å². The lowest BCUT2D eigenvalue weighted by Crippen LogP contribution is -2.43. The summed E-state index contributed by atoms with van der Waals surface area (Å²) in [7, 11) is 1.61. The zero-order valence-electron chi connectivity index (χ0n) is 18.7. The van der Waals surface area contributed by atoms with Crippen molar-refractivity contribution < 1.29 is 9.13 Å². The maximum atomic E-state index is 13.5. The number of thiocarbonyl (C=S) groups is 1. The van der Waals surface area contributed by atoms with Crippen LogP contribution in [0.5, 0.6) is 5.88 Å². The number of rotatable bonds is 6. The van der Waals surface area contributed by atoms with E-state index in [0.29, 0.717) is 23.5 Å². The van der Waals surface area contributed by atoms with Crippen LogP contribution in [0.15, 0.2) is 30.3 Å². The summed E-state index contributed by atoms with van der Waals surface area (Å²) in [6.07, 6.45) is 9.28. The number of piperidine rings is 1. The van der Waals surface area contributed by atoms with Gasteiger partial charge >= 0.3 is 0 Å². The number of aromatic nitrogens is 2. The molecule has 1 aromatic heterocycles. The van der Waals surface area contributed by atoms with Gasteiger partial charge in [-0.2, -0.15) is 9.97 Å². The highest BCUT2D eigenvalue weighted by Gasteiger charge is 2.34. The number of ether oxygens (including phenoxy) is 1. The standard InChI is InChI=1S/C24H32FN5OS/c1-31-21-16-20(30-14-6-3-7-15-30)27-22(28-21)29-23(32)26-17-24(12-4-2-5-13-24)18-8-10-19(25)11-9-18/h8-11,16H,2-7,12-15,17H2,1H3,(H2,26,27,28,29,32).